The zero-order chi connectivity index (χ0) is 19.4. The number of methoxy groups -OCH3 is 1. The van der Waals surface area contributed by atoms with Crippen LogP contribution in [0.2, 0.25) is 0 Å². The minimum atomic E-state index is -0.807. The summed E-state index contributed by atoms with van der Waals surface area (Å²) in [5.74, 6) is -0.331. The fourth-order valence-electron chi connectivity index (χ4n) is 2.47. The van der Waals surface area contributed by atoms with Gasteiger partial charge in [0.25, 0.3) is 5.91 Å². The van der Waals surface area contributed by atoms with Crippen LogP contribution in [-0.2, 0) is 4.79 Å². The molecular weight excluding hydrogens is 342 g/mol. The van der Waals surface area contributed by atoms with Crippen molar-refractivity contribution in [2.24, 2.45) is 5.10 Å². The molecule has 1 aromatic heterocycles. The van der Waals surface area contributed by atoms with E-state index in [9.17, 15) is 20.0 Å². The van der Waals surface area contributed by atoms with Gasteiger partial charge in [0.1, 0.15) is 17.4 Å². The van der Waals surface area contributed by atoms with Crippen LogP contribution in [-0.4, -0.2) is 39.0 Å². The molecule has 26 heavy (non-hydrogen) atoms. The van der Waals surface area contributed by atoms with Gasteiger partial charge in [0.2, 0.25) is 0 Å². The predicted molar refractivity (Wildman–Crippen MR) is 93.5 cm³/mol. The molecule has 0 bridgehead atoms. The van der Waals surface area contributed by atoms with Crippen molar-refractivity contribution in [1.29, 1.82) is 0 Å². The van der Waals surface area contributed by atoms with Gasteiger partial charge in [-0.3, -0.25) is 19.6 Å². The predicted octanol–water partition coefficient (Wildman–Crippen LogP) is 1.83. The van der Waals surface area contributed by atoms with E-state index in [0.29, 0.717) is 5.56 Å². The Hall–Kier alpha value is -3.43. The van der Waals surface area contributed by atoms with Gasteiger partial charge in [-0.2, -0.15) is 10.2 Å². The smallest absolute Gasteiger partial charge is 0.312 e. The first-order valence-electron chi connectivity index (χ1n) is 7.66. The third-order valence-electron chi connectivity index (χ3n) is 3.84. The number of aryl methyl sites for hydroxylation is 1. The van der Waals surface area contributed by atoms with Crippen LogP contribution < -0.4 is 10.2 Å². The molecule has 0 aliphatic heterocycles. The largest absolute Gasteiger partial charge is 0.504 e. The normalized spacial score (nSPS) is 12.2. The zero-order valence-corrected chi connectivity index (χ0v) is 14.8. The van der Waals surface area contributed by atoms with E-state index in [1.807, 2.05) is 0 Å². The van der Waals surface area contributed by atoms with Gasteiger partial charge in [0.15, 0.2) is 11.5 Å². The van der Waals surface area contributed by atoms with Crippen molar-refractivity contribution in [2.75, 3.05) is 7.11 Å². The van der Waals surface area contributed by atoms with E-state index in [-0.39, 0.29) is 28.6 Å². The van der Waals surface area contributed by atoms with E-state index in [2.05, 4.69) is 15.6 Å². The van der Waals surface area contributed by atoms with Gasteiger partial charge in [0.05, 0.1) is 18.2 Å². The molecule has 0 radical (unpaired) electrons. The second kappa shape index (κ2) is 7.64. The molecule has 0 aliphatic rings. The number of amides is 1. The number of aromatic nitrogens is 2. The van der Waals surface area contributed by atoms with E-state index in [4.69, 9.17) is 4.74 Å². The van der Waals surface area contributed by atoms with Gasteiger partial charge < -0.3 is 9.84 Å². The van der Waals surface area contributed by atoms with Crippen molar-refractivity contribution in [2.45, 2.75) is 26.8 Å². The maximum absolute atomic E-state index is 12.2. The minimum absolute atomic E-state index is 0.102. The van der Waals surface area contributed by atoms with E-state index in [1.165, 1.54) is 31.9 Å². The molecule has 0 saturated carbocycles. The molecule has 1 amide bonds. The van der Waals surface area contributed by atoms with Gasteiger partial charge in [-0.25, -0.2) is 5.43 Å². The summed E-state index contributed by atoms with van der Waals surface area (Å²) in [5, 5.41) is 28.9. The highest BCUT2D eigenvalue weighted by Gasteiger charge is 2.26. The molecule has 0 spiro atoms. The zero-order valence-electron chi connectivity index (χ0n) is 14.8. The molecule has 1 unspecified atom stereocenters. The SMILES string of the molecule is COc1cccc(/C=N/NC(=O)C(C)n2nc(C)c([N+](=O)[O-])c2C)c1O. The summed E-state index contributed by atoms with van der Waals surface area (Å²) in [7, 11) is 1.42. The Bertz CT molecular complexity index is 874. The first-order valence-corrected chi connectivity index (χ1v) is 7.66. The van der Waals surface area contributed by atoms with Gasteiger partial charge >= 0.3 is 5.69 Å². The summed E-state index contributed by atoms with van der Waals surface area (Å²) >= 11 is 0. The third kappa shape index (κ3) is 3.63. The van der Waals surface area contributed by atoms with Crippen molar-refractivity contribution in [1.82, 2.24) is 15.2 Å². The Morgan fingerprint density at radius 1 is 1.50 bits per heavy atom. The van der Waals surface area contributed by atoms with Crippen LogP contribution >= 0.6 is 0 Å². The Kier molecular flexibility index (Phi) is 5.55. The van der Waals surface area contributed by atoms with Crippen molar-refractivity contribution in [3.63, 3.8) is 0 Å². The number of hydrazone groups is 1. The molecule has 1 atom stereocenters. The topological polar surface area (TPSA) is 132 Å². The summed E-state index contributed by atoms with van der Waals surface area (Å²) in [5.41, 5.74) is 3.09. The lowest BCUT2D eigenvalue weighted by molar-refractivity contribution is -0.386. The lowest BCUT2D eigenvalue weighted by atomic mass is 10.2. The molecule has 138 valence electrons. The highest BCUT2D eigenvalue weighted by atomic mass is 16.6. The quantitative estimate of drug-likeness (QED) is 0.458. The number of hydrogen-bond acceptors (Lipinski definition) is 7. The second-order valence-corrected chi connectivity index (χ2v) is 5.53. The van der Waals surface area contributed by atoms with Gasteiger partial charge in [-0.15, -0.1) is 0 Å². The average molecular weight is 361 g/mol. The fourth-order valence-corrected chi connectivity index (χ4v) is 2.47. The van der Waals surface area contributed by atoms with Crippen LogP contribution in [0.15, 0.2) is 23.3 Å². The second-order valence-electron chi connectivity index (χ2n) is 5.53. The van der Waals surface area contributed by atoms with E-state index >= 15 is 0 Å². The number of carbonyl (C=O) groups excluding carboxylic acids is 1. The lowest BCUT2D eigenvalue weighted by Gasteiger charge is -2.11. The molecule has 10 heteroatoms. The first-order chi connectivity index (χ1) is 12.3. The number of benzene rings is 1. The molecular formula is C16H19N5O5. The highest BCUT2D eigenvalue weighted by Crippen LogP contribution is 2.28. The van der Waals surface area contributed by atoms with Crippen LogP contribution in [0.3, 0.4) is 0 Å². The summed E-state index contributed by atoms with van der Waals surface area (Å²) in [6.07, 6.45) is 1.27. The molecule has 1 heterocycles. The Balaban J connectivity index is 2.13. The summed E-state index contributed by atoms with van der Waals surface area (Å²) in [6.45, 7) is 4.59. The Morgan fingerprint density at radius 2 is 2.19 bits per heavy atom. The average Bonchev–Trinajstić information content (AvgIpc) is 2.90. The molecule has 1 aromatic carbocycles. The number of carbonyl (C=O) groups is 1. The molecule has 2 N–H and O–H groups in total. The maximum Gasteiger partial charge on any atom is 0.312 e. The van der Waals surface area contributed by atoms with Crippen LogP contribution in [0.5, 0.6) is 11.5 Å². The van der Waals surface area contributed by atoms with Gasteiger partial charge in [0, 0.05) is 5.56 Å². The molecule has 0 aliphatic carbocycles. The van der Waals surface area contributed by atoms with Crippen LogP contribution in [0, 0.1) is 24.0 Å². The number of aromatic hydroxyl groups is 1. The van der Waals surface area contributed by atoms with Crippen molar-refractivity contribution < 1.29 is 19.6 Å². The number of phenolic OH excluding ortho intramolecular Hbond substituents is 1. The number of nitrogens with one attached hydrogen (secondary N) is 1. The summed E-state index contributed by atoms with van der Waals surface area (Å²) in [4.78, 5) is 22.8. The molecule has 2 rings (SSSR count). The number of hydrogen-bond donors (Lipinski definition) is 2. The van der Waals surface area contributed by atoms with E-state index in [0.717, 1.165) is 0 Å². The first kappa shape index (κ1) is 18.9. The van der Waals surface area contributed by atoms with E-state index < -0.39 is 16.9 Å². The third-order valence-corrected chi connectivity index (χ3v) is 3.84. The van der Waals surface area contributed by atoms with Crippen molar-refractivity contribution in [3.05, 3.63) is 45.3 Å². The van der Waals surface area contributed by atoms with Crippen LogP contribution in [0.1, 0.15) is 29.9 Å². The lowest BCUT2D eigenvalue weighted by Crippen LogP contribution is -2.28. The standard InChI is InChI=1S/C16H19N5O5/c1-9-14(21(24)25)10(2)20(19-9)11(3)16(23)18-17-8-12-6-5-7-13(26-4)15(12)22/h5-8,11,22H,1-4H3,(H,18,23)/b17-8+. The fraction of sp³-hybridized carbons (Fsp3) is 0.312. The number of phenols is 1. The highest BCUT2D eigenvalue weighted by molar-refractivity contribution is 5.87. The summed E-state index contributed by atoms with van der Waals surface area (Å²) in [6, 6.07) is 4.04. The Labute approximate surface area is 149 Å². The van der Waals surface area contributed by atoms with Crippen LogP contribution in [0.4, 0.5) is 5.69 Å². The molecule has 2 aromatic rings. The minimum Gasteiger partial charge on any atom is -0.504 e. The van der Waals surface area contributed by atoms with Crippen molar-refractivity contribution in [3.8, 4) is 11.5 Å². The number of ether oxygens (including phenoxy) is 1. The number of rotatable bonds is 6. The summed E-state index contributed by atoms with van der Waals surface area (Å²) < 4.78 is 6.27. The molecule has 10 nitrogen and oxygen atoms in total. The number of para-hydroxylation sites is 1. The number of nitrogens with zero attached hydrogens (tertiary/aromatic N) is 4. The van der Waals surface area contributed by atoms with Crippen LogP contribution in [0.25, 0.3) is 0 Å². The maximum atomic E-state index is 12.2. The molecule has 0 fully saturated rings. The van der Waals surface area contributed by atoms with E-state index in [1.54, 1.807) is 25.1 Å². The van der Waals surface area contributed by atoms with Gasteiger partial charge in [-0.1, -0.05) is 6.07 Å². The monoisotopic (exact) mass is 361 g/mol. The Morgan fingerprint density at radius 3 is 2.77 bits per heavy atom. The molecule has 0 saturated heterocycles. The van der Waals surface area contributed by atoms with Gasteiger partial charge in [-0.05, 0) is 32.9 Å². The number of nitro groups is 1. The van der Waals surface area contributed by atoms with Crippen molar-refractivity contribution >= 4 is 17.8 Å².